The SMILES string of the molecule is C[C@H](C#N)N1CCN(S(=O)(=O)c2ccccc2F)CC1. The fraction of sp³-hybridized carbons (Fsp3) is 0.462. The number of hydrogen-bond donors (Lipinski definition) is 0. The molecule has 0 amide bonds. The fourth-order valence-electron chi connectivity index (χ4n) is 2.21. The Morgan fingerprint density at radius 1 is 1.25 bits per heavy atom. The van der Waals surface area contributed by atoms with Crippen LogP contribution in [0.3, 0.4) is 0 Å². The molecule has 5 nitrogen and oxygen atoms in total. The largest absolute Gasteiger partial charge is 0.286 e. The molecule has 0 spiro atoms. The van der Waals surface area contributed by atoms with E-state index < -0.39 is 15.8 Å². The molecule has 1 fully saturated rings. The monoisotopic (exact) mass is 297 g/mol. The van der Waals surface area contributed by atoms with Gasteiger partial charge >= 0.3 is 0 Å². The summed E-state index contributed by atoms with van der Waals surface area (Å²) in [5, 5.41) is 8.85. The lowest BCUT2D eigenvalue weighted by Crippen LogP contribution is -2.51. The standard InChI is InChI=1S/C13H16FN3O2S/c1-11(10-15)16-6-8-17(9-7-16)20(18,19)13-5-3-2-4-12(13)14/h2-5,11H,6-9H2,1H3/t11-/m1/s1. The van der Waals surface area contributed by atoms with E-state index in [1.54, 1.807) is 6.92 Å². The molecule has 1 aliphatic rings. The first-order valence-electron chi connectivity index (χ1n) is 6.35. The van der Waals surface area contributed by atoms with Gasteiger partial charge in [-0.2, -0.15) is 9.57 Å². The smallest absolute Gasteiger partial charge is 0.246 e. The van der Waals surface area contributed by atoms with Crippen LogP contribution in [0.25, 0.3) is 0 Å². The Morgan fingerprint density at radius 2 is 1.85 bits per heavy atom. The molecule has 0 aliphatic carbocycles. The van der Waals surface area contributed by atoms with Crippen LogP contribution in [0.1, 0.15) is 6.92 Å². The zero-order valence-corrected chi connectivity index (χ0v) is 12.0. The topological polar surface area (TPSA) is 64.4 Å². The molecule has 1 aromatic carbocycles. The maximum atomic E-state index is 13.6. The molecular formula is C13H16FN3O2S. The molecule has 20 heavy (non-hydrogen) atoms. The molecule has 1 heterocycles. The molecule has 1 aliphatic heterocycles. The second kappa shape index (κ2) is 5.87. The molecule has 1 saturated heterocycles. The summed E-state index contributed by atoms with van der Waals surface area (Å²) < 4.78 is 39.6. The molecule has 0 N–H and O–H groups in total. The van der Waals surface area contributed by atoms with E-state index in [0.29, 0.717) is 13.1 Å². The second-order valence-corrected chi connectivity index (χ2v) is 6.58. The maximum absolute atomic E-state index is 13.6. The molecular weight excluding hydrogens is 281 g/mol. The maximum Gasteiger partial charge on any atom is 0.246 e. The highest BCUT2D eigenvalue weighted by Crippen LogP contribution is 2.20. The molecule has 108 valence electrons. The van der Waals surface area contributed by atoms with Crippen molar-refractivity contribution in [1.29, 1.82) is 5.26 Å². The van der Waals surface area contributed by atoms with Gasteiger partial charge in [-0.3, -0.25) is 4.90 Å². The third-order valence-electron chi connectivity index (χ3n) is 3.46. The minimum Gasteiger partial charge on any atom is -0.286 e. The summed E-state index contributed by atoms with van der Waals surface area (Å²) >= 11 is 0. The van der Waals surface area contributed by atoms with Crippen LogP contribution in [-0.4, -0.2) is 49.8 Å². The fourth-order valence-corrected chi connectivity index (χ4v) is 3.69. The van der Waals surface area contributed by atoms with E-state index in [9.17, 15) is 12.8 Å². The first-order valence-corrected chi connectivity index (χ1v) is 7.79. The first kappa shape index (κ1) is 14.9. The predicted octanol–water partition coefficient (Wildman–Crippen LogP) is 1.04. The summed E-state index contributed by atoms with van der Waals surface area (Å²) in [6, 6.07) is 7.26. The number of nitrogens with zero attached hydrogens (tertiary/aromatic N) is 3. The zero-order chi connectivity index (χ0) is 14.8. The van der Waals surface area contributed by atoms with Gasteiger partial charge in [-0.25, -0.2) is 12.8 Å². The number of nitriles is 1. The molecule has 0 radical (unpaired) electrons. The van der Waals surface area contributed by atoms with Gasteiger partial charge in [-0.1, -0.05) is 12.1 Å². The van der Waals surface area contributed by atoms with Crippen molar-refractivity contribution < 1.29 is 12.8 Å². The number of rotatable bonds is 3. The van der Waals surface area contributed by atoms with Crippen LogP contribution in [0.15, 0.2) is 29.2 Å². The van der Waals surface area contributed by atoms with Crippen LogP contribution in [0, 0.1) is 17.1 Å². The Kier molecular flexibility index (Phi) is 4.38. The van der Waals surface area contributed by atoms with Gasteiger partial charge in [-0.15, -0.1) is 0 Å². The van der Waals surface area contributed by atoms with Crippen molar-refractivity contribution in [2.45, 2.75) is 17.9 Å². The molecule has 1 aromatic rings. The van der Waals surface area contributed by atoms with Gasteiger partial charge in [0.05, 0.1) is 12.1 Å². The number of hydrogen-bond acceptors (Lipinski definition) is 4. The lowest BCUT2D eigenvalue weighted by Gasteiger charge is -2.35. The van der Waals surface area contributed by atoms with Gasteiger partial charge in [0.25, 0.3) is 0 Å². The van der Waals surface area contributed by atoms with Crippen molar-refractivity contribution in [3.05, 3.63) is 30.1 Å². The van der Waals surface area contributed by atoms with Gasteiger partial charge in [-0.05, 0) is 19.1 Å². The van der Waals surface area contributed by atoms with Crippen molar-refractivity contribution in [1.82, 2.24) is 9.21 Å². The van der Waals surface area contributed by atoms with Crippen LogP contribution in [0.2, 0.25) is 0 Å². The minimum absolute atomic E-state index is 0.242. The van der Waals surface area contributed by atoms with Crippen molar-refractivity contribution >= 4 is 10.0 Å². The Morgan fingerprint density at radius 3 is 2.40 bits per heavy atom. The summed E-state index contributed by atoms with van der Waals surface area (Å²) in [6.45, 7) is 3.26. The average molecular weight is 297 g/mol. The first-order chi connectivity index (χ1) is 9.46. The van der Waals surface area contributed by atoms with Gasteiger partial charge in [0.1, 0.15) is 10.7 Å². The van der Waals surface area contributed by atoms with E-state index in [1.165, 1.54) is 22.5 Å². The number of benzene rings is 1. The zero-order valence-electron chi connectivity index (χ0n) is 11.2. The molecule has 0 saturated carbocycles. The summed E-state index contributed by atoms with van der Waals surface area (Å²) in [6.07, 6.45) is 0. The van der Waals surface area contributed by atoms with Crippen LogP contribution in [0.5, 0.6) is 0 Å². The molecule has 7 heteroatoms. The van der Waals surface area contributed by atoms with E-state index in [2.05, 4.69) is 6.07 Å². The van der Waals surface area contributed by atoms with Crippen LogP contribution in [0.4, 0.5) is 4.39 Å². The summed E-state index contributed by atoms with van der Waals surface area (Å²) in [7, 11) is -3.80. The Balaban J connectivity index is 2.15. The molecule has 0 bridgehead atoms. The summed E-state index contributed by atoms with van der Waals surface area (Å²) in [4.78, 5) is 1.62. The molecule has 0 unspecified atom stereocenters. The molecule has 2 rings (SSSR count). The van der Waals surface area contributed by atoms with E-state index in [4.69, 9.17) is 5.26 Å². The Labute approximate surface area is 118 Å². The quantitative estimate of drug-likeness (QED) is 0.836. The Hall–Kier alpha value is -1.49. The van der Waals surface area contributed by atoms with E-state index in [1.807, 2.05) is 4.90 Å². The van der Waals surface area contributed by atoms with Crippen LogP contribution in [-0.2, 0) is 10.0 Å². The highest BCUT2D eigenvalue weighted by Gasteiger charge is 2.31. The summed E-state index contributed by atoms with van der Waals surface area (Å²) in [5.41, 5.74) is 0. The normalized spacial score (nSPS) is 19.4. The number of piperazine rings is 1. The second-order valence-electron chi connectivity index (χ2n) is 4.68. The van der Waals surface area contributed by atoms with E-state index >= 15 is 0 Å². The van der Waals surface area contributed by atoms with E-state index in [-0.39, 0.29) is 24.0 Å². The van der Waals surface area contributed by atoms with Crippen LogP contribution >= 0.6 is 0 Å². The number of halogens is 1. The average Bonchev–Trinajstić information content (AvgIpc) is 2.47. The van der Waals surface area contributed by atoms with Crippen molar-refractivity contribution in [3.63, 3.8) is 0 Å². The number of sulfonamides is 1. The molecule has 0 aromatic heterocycles. The third-order valence-corrected chi connectivity index (χ3v) is 5.39. The van der Waals surface area contributed by atoms with Crippen molar-refractivity contribution in [2.75, 3.05) is 26.2 Å². The van der Waals surface area contributed by atoms with Gasteiger partial charge in [0.2, 0.25) is 10.0 Å². The van der Waals surface area contributed by atoms with Crippen molar-refractivity contribution in [3.8, 4) is 6.07 Å². The lowest BCUT2D eigenvalue weighted by atomic mass is 10.2. The lowest BCUT2D eigenvalue weighted by molar-refractivity contribution is 0.169. The van der Waals surface area contributed by atoms with Gasteiger partial charge in [0, 0.05) is 26.2 Å². The van der Waals surface area contributed by atoms with Crippen LogP contribution < -0.4 is 0 Å². The molecule has 1 atom stereocenters. The van der Waals surface area contributed by atoms with Crippen molar-refractivity contribution in [2.24, 2.45) is 0 Å². The Bertz CT molecular complexity index is 619. The highest BCUT2D eigenvalue weighted by atomic mass is 32.2. The minimum atomic E-state index is -3.80. The summed E-state index contributed by atoms with van der Waals surface area (Å²) in [5.74, 6) is -0.736. The van der Waals surface area contributed by atoms with E-state index in [0.717, 1.165) is 6.07 Å². The third kappa shape index (κ3) is 2.82. The predicted molar refractivity (Wildman–Crippen MR) is 71.8 cm³/mol. The van der Waals surface area contributed by atoms with Gasteiger partial charge in [0.15, 0.2) is 0 Å². The highest BCUT2D eigenvalue weighted by molar-refractivity contribution is 7.89. The van der Waals surface area contributed by atoms with Gasteiger partial charge < -0.3 is 0 Å².